The molecule has 0 aromatic carbocycles. The predicted molar refractivity (Wildman–Crippen MR) is 76.5 cm³/mol. The van der Waals surface area contributed by atoms with Crippen LogP contribution in [0.2, 0.25) is 0 Å². The number of halogens is 11. The van der Waals surface area contributed by atoms with Crippen LogP contribution in [0.25, 0.3) is 4.72 Å². The van der Waals surface area contributed by atoms with Crippen molar-refractivity contribution >= 4 is 10.0 Å². The number of rotatable bonds is 11. The van der Waals surface area contributed by atoms with Crippen molar-refractivity contribution in [2.45, 2.75) is 35.6 Å². The smallest absolute Gasteiger partial charge is 0.460 e. The lowest BCUT2D eigenvalue weighted by Crippen LogP contribution is -2.67. The number of quaternary nitrogens is 1. The molecule has 0 aromatic rings. The summed E-state index contributed by atoms with van der Waals surface area (Å²) in [5.41, 5.74) is 0. The second kappa shape index (κ2) is 8.30. The molecule has 0 aliphatic rings. The number of likely N-dealkylation sites (N-methyl/N-ethyl adjacent to an activating group) is 1. The minimum absolute atomic E-state index is 0.0193. The predicted octanol–water partition coefficient (Wildman–Crippen LogP) is 3.21. The highest BCUT2D eigenvalue weighted by molar-refractivity contribution is 7.95. The van der Waals surface area contributed by atoms with E-state index >= 15 is 0 Å². The first kappa shape index (κ1) is 28.1. The molecule has 17 heteroatoms. The summed E-state index contributed by atoms with van der Waals surface area (Å²) in [6, 6.07) is 0. The molecule has 0 heterocycles. The SMILES string of the molecule is C[N+](C)(CCO)CCC[N-]S(=O)(=O)C(F)(F)C(F)(F)C(F)(F)C(F)(F)C(F)(F)F. The number of hydrogen-bond acceptors (Lipinski definition) is 3. The van der Waals surface area contributed by atoms with Gasteiger partial charge in [0, 0.05) is 0 Å². The molecule has 0 rings (SSSR count). The molecular formula is C12H17F11N2O3S. The summed E-state index contributed by atoms with van der Waals surface area (Å²) in [4.78, 5) is 0. The Morgan fingerprint density at radius 1 is 0.793 bits per heavy atom. The van der Waals surface area contributed by atoms with Gasteiger partial charge in [-0.15, -0.1) is 6.54 Å². The summed E-state index contributed by atoms with van der Waals surface area (Å²) in [5.74, 6) is -23.1. The van der Waals surface area contributed by atoms with Crippen LogP contribution in [-0.4, -0.2) is 87.5 Å². The summed E-state index contributed by atoms with van der Waals surface area (Å²) in [6.07, 6.45) is -7.80. The lowest BCUT2D eigenvalue weighted by Gasteiger charge is -2.39. The van der Waals surface area contributed by atoms with E-state index in [4.69, 9.17) is 5.11 Å². The third-order valence-electron chi connectivity index (χ3n) is 3.72. The molecule has 0 aliphatic heterocycles. The highest BCUT2D eigenvalue weighted by Gasteiger charge is 2.88. The van der Waals surface area contributed by atoms with Gasteiger partial charge in [0.1, 0.15) is 16.6 Å². The topological polar surface area (TPSA) is 68.5 Å². The van der Waals surface area contributed by atoms with Crippen molar-refractivity contribution in [2.24, 2.45) is 0 Å². The van der Waals surface area contributed by atoms with Gasteiger partial charge in [0.2, 0.25) is 0 Å². The molecule has 0 amide bonds. The van der Waals surface area contributed by atoms with Gasteiger partial charge in [0.05, 0.1) is 27.2 Å². The molecular weight excluding hydrogens is 461 g/mol. The molecule has 0 aliphatic carbocycles. The van der Waals surface area contributed by atoms with Crippen molar-refractivity contribution in [3.8, 4) is 0 Å². The fourth-order valence-corrected chi connectivity index (χ4v) is 2.85. The van der Waals surface area contributed by atoms with Gasteiger partial charge in [-0.05, 0) is 6.42 Å². The van der Waals surface area contributed by atoms with Crippen molar-refractivity contribution in [1.82, 2.24) is 0 Å². The van der Waals surface area contributed by atoms with Crippen LogP contribution < -0.4 is 0 Å². The van der Waals surface area contributed by atoms with Crippen molar-refractivity contribution < 1.29 is 66.3 Å². The first-order chi connectivity index (χ1) is 12.5. The Bertz CT molecular complexity index is 662. The van der Waals surface area contributed by atoms with Crippen LogP contribution >= 0.6 is 0 Å². The number of aliphatic hydroxyl groups is 1. The van der Waals surface area contributed by atoms with E-state index in [0.717, 1.165) is 0 Å². The molecule has 0 bridgehead atoms. The average molecular weight is 478 g/mol. The van der Waals surface area contributed by atoms with E-state index in [1.807, 2.05) is 0 Å². The van der Waals surface area contributed by atoms with Crippen molar-refractivity contribution in [3.05, 3.63) is 4.72 Å². The minimum atomic E-state index is -7.82. The van der Waals surface area contributed by atoms with Crippen LogP contribution in [0, 0.1) is 0 Å². The average Bonchev–Trinajstić information content (AvgIpc) is 2.49. The number of nitrogens with zero attached hydrogens (tertiary/aromatic N) is 2. The molecule has 0 radical (unpaired) electrons. The van der Waals surface area contributed by atoms with Gasteiger partial charge < -0.3 is 14.3 Å². The second-order valence-electron chi connectivity index (χ2n) is 6.53. The summed E-state index contributed by atoms with van der Waals surface area (Å²) in [5, 5.41) is 1.68. The van der Waals surface area contributed by atoms with Gasteiger partial charge in [0.15, 0.2) is 0 Å². The molecule has 5 nitrogen and oxygen atoms in total. The van der Waals surface area contributed by atoms with Crippen LogP contribution in [0.3, 0.4) is 0 Å². The van der Waals surface area contributed by atoms with Gasteiger partial charge >= 0.3 is 29.2 Å². The van der Waals surface area contributed by atoms with Gasteiger partial charge in [0.25, 0.3) is 0 Å². The van der Waals surface area contributed by atoms with Crippen LogP contribution in [-0.2, 0) is 10.0 Å². The highest BCUT2D eigenvalue weighted by Crippen LogP contribution is 2.58. The van der Waals surface area contributed by atoms with Crippen LogP contribution in [0.5, 0.6) is 0 Å². The van der Waals surface area contributed by atoms with Crippen LogP contribution in [0.4, 0.5) is 48.3 Å². The van der Waals surface area contributed by atoms with E-state index in [0.29, 0.717) is 0 Å². The molecule has 176 valence electrons. The molecule has 0 unspecified atom stereocenters. The molecule has 0 saturated carbocycles. The quantitative estimate of drug-likeness (QED) is 0.282. The Kier molecular flexibility index (Phi) is 8.03. The number of hydrogen-bond donors (Lipinski definition) is 1. The maximum Gasteiger partial charge on any atom is 0.460 e. The normalized spacial score (nSPS) is 15.7. The summed E-state index contributed by atoms with van der Waals surface area (Å²) < 4.78 is 166. The van der Waals surface area contributed by atoms with Crippen molar-refractivity contribution in [3.63, 3.8) is 0 Å². The van der Waals surface area contributed by atoms with E-state index in [2.05, 4.69) is 4.72 Å². The maximum absolute atomic E-state index is 13.5. The van der Waals surface area contributed by atoms with E-state index in [1.165, 1.54) is 14.1 Å². The van der Waals surface area contributed by atoms with Crippen molar-refractivity contribution in [2.75, 3.05) is 40.3 Å². The molecule has 0 atom stereocenters. The zero-order valence-electron chi connectivity index (χ0n) is 14.8. The molecule has 0 spiro atoms. The van der Waals surface area contributed by atoms with E-state index in [-0.39, 0.29) is 24.2 Å². The monoisotopic (exact) mass is 478 g/mol. The first-order valence-corrected chi connectivity index (χ1v) is 8.90. The standard InChI is InChI=1S/C12H17F11N2O3S/c1-25(2,6-7-26)5-3-4-24-29(27,28)12(22,23)10(17,18)8(13,14)9(15,16)11(19,20)21/h26H,3-7H2,1-2H3. The lowest BCUT2D eigenvalue weighted by atomic mass is 10.0. The molecule has 0 aromatic heterocycles. The third kappa shape index (κ3) is 5.22. The molecule has 0 saturated heterocycles. The Hall–Kier alpha value is -0.940. The zero-order chi connectivity index (χ0) is 23.7. The van der Waals surface area contributed by atoms with Crippen molar-refractivity contribution in [1.29, 1.82) is 0 Å². The molecule has 0 fully saturated rings. The largest absolute Gasteiger partial charge is 0.543 e. The fourth-order valence-electron chi connectivity index (χ4n) is 1.87. The Labute approximate surface area is 158 Å². The van der Waals surface area contributed by atoms with Crippen LogP contribution in [0.15, 0.2) is 0 Å². The van der Waals surface area contributed by atoms with E-state index in [9.17, 15) is 56.7 Å². The Morgan fingerprint density at radius 3 is 1.62 bits per heavy atom. The van der Waals surface area contributed by atoms with Gasteiger partial charge in [-0.2, -0.15) is 48.3 Å². The lowest BCUT2D eigenvalue weighted by molar-refractivity contribution is -0.890. The summed E-state index contributed by atoms with van der Waals surface area (Å²) in [6.45, 7) is -1.48. The molecule has 29 heavy (non-hydrogen) atoms. The Morgan fingerprint density at radius 2 is 1.24 bits per heavy atom. The van der Waals surface area contributed by atoms with Gasteiger partial charge in [-0.1, -0.05) is 0 Å². The third-order valence-corrected chi connectivity index (χ3v) is 5.15. The second-order valence-corrected chi connectivity index (χ2v) is 8.25. The number of alkyl halides is 11. The number of sulfonamides is 1. The van der Waals surface area contributed by atoms with E-state index in [1.54, 1.807) is 0 Å². The van der Waals surface area contributed by atoms with Crippen LogP contribution in [0.1, 0.15) is 6.42 Å². The number of aliphatic hydroxyl groups excluding tert-OH is 1. The fraction of sp³-hybridized carbons (Fsp3) is 1.00. The van der Waals surface area contributed by atoms with Gasteiger partial charge in [-0.25, -0.2) is 8.42 Å². The van der Waals surface area contributed by atoms with Gasteiger partial charge in [-0.3, -0.25) is 0 Å². The molecule has 1 N–H and O–H groups in total. The summed E-state index contributed by atoms with van der Waals surface area (Å²) in [7, 11) is -3.97. The summed E-state index contributed by atoms with van der Waals surface area (Å²) >= 11 is 0. The van der Waals surface area contributed by atoms with E-state index < -0.39 is 52.2 Å². The zero-order valence-corrected chi connectivity index (χ0v) is 15.6. The first-order valence-electron chi connectivity index (χ1n) is 7.46. The highest BCUT2D eigenvalue weighted by atomic mass is 32.2. The minimum Gasteiger partial charge on any atom is -0.543 e. The maximum atomic E-state index is 13.5. The Balaban J connectivity index is 5.62.